The molecule has 0 saturated carbocycles. The van der Waals surface area contributed by atoms with Gasteiger partial charge in [-0.05, 0) is 13.5 Å². The van der Waals surface area contributed by atoms with Crippen LogP contribution in [0.3, 0.4) is 0 Å². The first-order valence-electron chi connectivity index (χ1n) is 2.42. The molecule has 0 heterocycles. The van der Waals surface area contributed by atoms with Gasteiger partial charge in [-0.1, -0.05) is 6.08 Å². The summed E-state index contributed by atoms with van der Waals surface area (Å²) in [6.07, 6.45) is 2.89. The van der Waals surface area contributed by atoms with Gasteiger partial charge in [-0.2, -0.15) is 0 Å². The Balaban J connectivity index is 2.56. The normalized spacial score (nSPS) is 8.71. The fourth-order valence-electron chi connectivity index (χ4n) is 0.299. The third-order valence-electron chi connectivity index (χ3n) is 0.650. The lowest BCUT2D eigenvalue weighted by Crippen LogP contribution is -2.27. The summed E-state index contributed by atoms with van der Waals surface area (Å²) in [6.45, 7) is 4.52. The molecule has 0 aliphatic rings. The zero-order valence-electron chi connectivity index (χ0n) is 4.70. The summed E-state index contributed by atoms with van der Waals surface area (Å²) in [5, 5.41) is 0. The van der Waals surface area contributed by atoms with E-state index in [0.717, 1.165) is 13.0 Å². The van der Waals surface area contributed by atoms with Crippen LogP contribution < -0.4 is 10.9 Å². The standard InChI is InChI=1S/C5H12N2/c1-3-4-5-7-6-2/h3,6-7H,1,4-5H2,2H3. The van der Waals surface area contributed by atoms with Gasteiger partial charge >= 0.3 is 0 Å². The van der Waals surface area contributed by atoms with Crippen LogP contribution in [-0.2, 0) is 0 Å². The molecule has 0 radical (unpaired) electrons. The van der Waals surface area contributed by atoms with Gasteiger partial charge in [0, 0.05) is 6.54 Å². The van der Waals surface area contributed by atoms with E-state index < -0.39 is 0 Å². The maximum absolute atomic E-state index is 3.56. The van der Waals surface area contributed by atoms with Gasteiger partial charge in [0.1, 0.15) is 0 Å². The molecule has 2 heteroatoms. The van der Waals surface area contributed by atoms with Crippen molar-refractivity contribution in [3.8, 4) is 0 Å². The molecule has 42 valence electrons. The summed E-state index contributed by atoms with van der Waals surface area (Å²) in [5.41, 5.74) is 5.73. The Labute approximate surface area is 44.6 Å². The first kappa shape index (κ1) is 6.66. The average Bonchev–Trinajstić information content (AvgIpc) is 1.69. The highest BCUT2D eigenvalue weighted by Gasteiger charge is 1.72. The number of rotatable bonds is 4. The molecule has 2 nitrogen and oxygen atoms in total. The summed E-state index contributed by atoms with van der Waals surface area (Å²) in [5.74, 6) is 0. The van der Waals surface area contributed by atoms with E-state index in [4.69, 9.17) is 0 Å². The lowest BCUT2D eigenvalue weighted by atomic mass is 10.4. The molecule has 0 saturated heterocycles. The molecular formula is C5H12N2. The van der Waals surface area contributed by atoms with Crippen LogP contribution >= 0.6 is 0 Å². The van der Waals surface area contributed by atoms with Gasteiger partial charge in [0.15, 0.2) is 0 Å². The molecule has 0 aliphatic carbocycles. The van der Waals surface area contributed by atoms with Crippen molar-refractivity contribution >= 4 is 0 Å². The molecule has 0 fully saturated rings. The smallest absolute Gasteiger partial charge is 0.0134 e. The monoisotopic (exact) mass is 100 g/mol. The van der Waals surface area contributed by atoms with Gasteiger partial charge in [0.2, 0.25) is 0 Å². The van der Waals surface area contributed by atoms with E-state index in [1.165, 1.54) is 0 Å². The summed E-state index contributed by atoms with van der Waals surface area (Å²) in [7, 11) is 1.85. The fraction of sp³-hybridized carbons (Fsp3) is 0.600. The lowest BCUT2D eigenvalue weighted by Gasteiger charge is -1.95. The minimum atomic E-state index is 0.958. The molecule has 0 unspecified atom stereocenters. The molecule has 0 bridgehead atoms. The molecule has 0 amide bonds. The first-order chi connectivity index (χ1) is 3.41. The van der Waals surface area contributed by atoms with Crippen LogP contribution in [0.15, 0.2) is 12.7 Å². The van der Waals surface area contributed by atoms with Crippen molar-refractivity contribution < 1.29 is 0 Å². The van der Waals surface area contributed by atoms with Gasteiger partial charge in [-0.3, -0.25) is 10.9 Å². The predicted molar refractivity (Wildman–Crippen MR) is 31.9 cm³/mol. The highest BCUT2D eigenvalue weighted by molar-refractivity contribution is 4.65. The van der Waals surface area contributed by atoms with Crippen molar-refractivity contribution in [3.05, 3.63) is 12.7 Å². The minimum absolute atomic E-state index is 0.958. The van der Waals surface area contributed by atoms with Crippen LogP contribution in [0.4, 0.5) is 0 Å². The molecule has 7 heavy (non-hydrogen) atoms. The molecule has 0 atom stereocenters. The maximum atomic E-state index is 3.56. The summed E-state index contributed by atoms with van der Waals surface area (Å²) in [4.78, 5) is 0. The Kier molecular flexibility index (Phi) is 5.39. The van der Waals surface area contributed by atoms with Gasteiger partial charge in [0.25, 0.3) is 0 Å². The summed E-state index contributed by atoms with van der Waals surface area (Å²) >= 11 is 0. The third-order valence-corrected chi connectivity index (χ3v) is 0.650. The fourth-order valence-corrected chi connectivity index (χ4v) is 0.299. The van der Waals surface area contributed by atoms with Crippen LogP contribution in [0.25, 0.3) is 0 Å². The van der Waals surface area contributed by atoms with Crippen molar-refractivity contribution in [2.45, 2.75) is 6.42 Å². The summed E-state index contributed by atoms with van der Waals surface area (Å²) < 4.78 is 0. The third kappa shape index (κ3) is 5.66. The van der Waals surface area contributed by atoms with E-state index in [0.29, 0.717) is 0 Å². The van der Waals surface area contributed by atoms with Crippen LogP contribution in [0.5, 0.6) is 0 Å². The molecule has 2 N–H and O–H groups in total. The van der Waals surface area contributed by atoms with Crippen molar-refractivity contribution in [2.24, 2.45) is 0 Å². The SMILES string of the molecule is C=CCCNNC. The Morgan fingerprint density at radius 1 is 1.71 bits per heavy atom. The Morgan fingerprint density at radius 3 is 2.86 bits per heavy atom. The number of hydrazine groups is 1. The van der Waals surface area contributed by atoms with E-state index in [2.05, 4.69) is 17.4 Å². The first-order valence-corrected chi connectivity index (χ1v) is 2.42. The van der Waals surface area contributed by atoms with Crippen molar-refractivity contribution in [3.63, 3.8) is 0 Å². The zero-order chi connectivity index (χ0) is 5.54. The van der Waals surface area contributed by atoms with E-state index in [1.54, 1.807) is 0 Å². The largest absolute Gasteiger partial charge is 0.261 e. The second-order valence-corrected chi connectivity index (χ2v) is 1.25. The molecule has 0 aliphatic heterocycles. The lowest BCUT2D eigenvalue weighted by molar-refractivity contribution is 0.603. The van der Waals surface area contributed by atoms with Gasteiger partial charge in [-0.15, -0.1) is 6.58 Å². The van der Waals surface area contributed by atoms with Crippen molar-refractivity contribution in [2.75, 3.05) is 13.6 Å². The second kappa shape index (κ2) is 5.66. The molecule has 0 rings (SSSR count). The molecule has 0 aromatic heterocycles. The van der Waals surface area contributed by atoms with Crippen molar-refractivity contribution in [1.82, 2.24) is 10.9 Å². The minimum Gasteiger partial charge on any atom is -0.261 e. The van der Waals surface area contributed by atoms with Crippen molar-refractivity contribution in [1.29, 1.82) is 0 Å². The highest BCUT2D eigenvalue weighted by Crippen LogP contribution is 1.70. The van der Waals surface area contributed by atoms with Crippen LogP contribution in [-0.4, -0.2) is 13.6 Å². The van der Waals surface area contributed by atoms with E-state index in [1.807, 2.05) is 13.1 Å². The zero-order valence-corrected chi connectivity index (χ0v) is 4.70. The Bertz CT molecular complexity index is 43.3. The molecule has 0 spiro atoms. The molecule has 0 aromatic rings. The highest BCUT2D eigenvalue weighted by atomic mass is 15.3. The maximum Gasteiger partial charge on any atom is 0.0134 e. The van der Waals surface area contributed by atoms with Gasteiger partial charge in [-0.25, -0.2) is 0 Å². The molecular weight excluding hydrogens is 88.1 g/mol. The van der Waals surface area contributed by atoms with E-state index >= 15 is 0 Å². The van der Waals surface area contributed by atoms with Crippen LogP contribution in [0.1, 0.15) is 6.42 Å². The second-order valence-electron chi connectivity index (χ2n) is 1.25. The topological polar surface area (TPSA) is 24.1 Å². The quantitative estimate of drug-likeness (QED) is 0.301. The van der Waals surface area contributed by atoms with Gasteiger partial charge in [0.05, 0.1) is 0 Å². The van der Waals surface area contributed by atoms with Crippen LogP contribution in [0, 0.1) is 0 Å². The Hall–Kier alpha value is -0.340. The predicted octanol–water partition coefficient (Wildman–Crippen LogP) is 0.286. The molecule has 0 aromatic carbocycles. The average molecular weight is 100 g/mol. The number of hydrogen-bond acceptors (Lipinski definition) is 2. The summed E-state index contributed by atoms with van der Waals surface area (Å²) in [6, 6.07) is 0. The Morgan fingerprint density at radius 2 is 2.43 bits per heavy atom. The van der Waals surface area contributed by atoms with Crippen LogP contribution in [0.2, 0.25) is 0 Å². The van der Waals surface area contributed by atoms with E-state index in [9.17, 15) is 0 Å². The van der Waals surface area contributed by atoms with E-state index in [-0.39, 0.29) is 0 Å². The van der Waals surface area contributed by atoms with Gasteiger partial charge < -0.3 is 0 Å². The number of hydrogen-bond donors (Lipinski definition) is 2. The number of nitrogens with one attached hydrogen (secondary N) is 2.